The molecule has 1 N–H and O–H groups in total. The second kappa shape index (κ2) is 4.51. The van der Waals surface area contributed by atoms with Crippen molar-refractivity contribution in [2.24, 2.45) is 0 Å². The molecule has 0 amide bonds. The summed E-state index contributed by atoms with van der Waals surface area (Å²) in [6.45, 7) is 8.04. The number of benzene rings is 1. The topological polar surface area (TPSA) is 12.0 Å². The minimum Gasteiger partial charge on any atom is -0.362 e. The first kappa shape index (κ1) is 9.59. The molecular weight excluding hydrogens is 158 g/mol. The van der Waals surface area contributed by atoms with Crippen molar-refractivity contribution in [2.75, 3.05) is 0 Å². The van der Waals surface area contributed by atoms with Crippen LogP contribution in [0.15, 0.2) is 48.7 Å². The van der Waals surface area contributed by atoms with Gasteiger partial charge in [0, 0.05) is 5.70 Å². The summed E-state index contributed by atoms with van der Waals surface area (Å²) in [6, 6.07) is 10.1. The van der Waals surface area contributed by atoms with Crippen LogP contribution in [-0.2, 0) is 0 Å². The molecule has 1 nitrogen and oxygen atoms in total. The molecule has 0 aliphatic heterocycles. The third-order valence-corrected chi connectivity index (χ3v) is 1.66. The van der Waals surface area contributed by atoms with Crippen molar-refractivity contribution < 1.29 is 0 Å². The van der Waals surface area contributed by atoms with Crippen molar-refractivity contribution in [3.05, 3.63) is 54.2 Å². The zero-order valence-electron chi connectivity index (χ0n) is 8.17. The second-order valence-electron chi connectivity index (χ2n) is 3.21. The Morgan fingerprint density at radius 3 is 2.38 bits per heavy atom. The van der Waals surface area contributed by atoms with E-state index in [0.29, 0.717) is 0 Å². The molecule has 68 valence electrons. The lowest BCUT2D eigenvalue weighted by Gasteiger charge is -2.05. The Bertz CT molecular complexity index is 305. The lowest BCUT2D eigenvalue weighted by Crippen LogP contribution is -2.02. The van der Waals surface area contributed by atoms with Crippen LogP contribution in [0.4, 0.5) is 0 Å². The van der Waals surface area contributed by atoms with E-state index in [1.54, 1.807) is 0 Å². The molecule has 0 unspecified atom stereocenters. The minimum atomic E-state index is 0.932. The summed E-state index contributed by atoms with van der Waals surface area (Å²) in [5.74, 6) is 0. The number of hydrogen-bond acceptors (Lipinski definition) is 1. The Balaban J connectivity index is 2.65. The first-order chi connectivity index (χ1) is 6.20. The van der Waals surface area contributed by atoms with Gasteiger partial charge in [-0.25, -0.2) is 0 Å². The zero-order valence-corrected chi connectivity index (χ0v) is 8.17. The highest BCUT2D eigenvalue weighted by Crippen LogP contribution is 2.08. The van der Waals surface area contributed by atoms with Crippen molar-refractivity contribution in [1.82, 2.24) is 5.32 Å². The van der Waals surface area contributed by atoms with Gasteiger partial charge in [-0.3, -0.25) is 0 Å². The maximum Gasteiger partial charge on any atom is 0.0380 e. The molecule has 1 aromatic rings. The fourth-order valence-electron chi connectivity index (χ4n) is 0.954. The Morgan fingerprint density at radius 2 is 1.85 bits per heavy atom. The minimum absolute atomic E-state index is 0.932. The van der Waals surface area contributed by atoms with E-state index in [-0.39, 0.29) is 0 Å². The molecule has 0 heterocycles. The van der Waals surface area contributed by atoms with Crippen molar-refractivity contribution in [3.8, 4) is 0 Å². The SMILES string of the molecule is C=C(NC=C(C)C)c1ccccc1. The van der Waals surface area contributed by atoms with Gasteiger partial charge in [-0.2, -0.15) is 0 Å². The molecule has 0 spiro atoms. The van der Waals surface area contributed by atoms with Crippen LogP contribution in [0, 0.1) is 0 Å². The van der Waals surface area contributed by atoms with E-state index < -0.39 is 0 Å². The van der Waals surface area contributed by atoms with Gasteiger partial charge in [-0.1, -0.05) is 42.5 Å². The summed E-state index contributed by atoms with van der Waals surface area (Å²) in [6.07, 6.45) is 1.95. The van der Waals surface area contributed by atoms with E-state index in [1.807, 2.05) is 50.4 Å². The van der Waals surface area contributed by atoms with Crippen molar-refractivity contribution in [2.45, 2.75) is 13.8 Å². The number of nitrogens with one attached hydrogen (secondary N) is 1. The van der Waals surface area contributed by atoms with E-state index in [0.717, 1.165) is 11.3 Å². The van der Waals surface area contributed by atoms with Crippen LogP contribution in [-0.4, -0.2) is 0 Å². The number of hydrogen-bond donors (Lipinski definition) is 1. The number of allylic oxidation sites excluding steroid dienone is 1. The highest BCUT2D eigenvalue weighted by Gasteiger charge is 1.93. The molecule has 0 aliphatic rings. The van der Waals surface area contributed by atoms with Gasteiger partial charge in [0.1, 0.15) is 0 Å². The molecule has 0 saturated heterocycles. The predicted molar refractivity (Wildman–Crippen MR) is 58.0 cm³/mol. The first-order valence-corrected chi connectivity index (χ1v) is 4.34. The maximum absolute atomic E-state index is 3.94. The maximum atomic E-state index is 3.94. The van der Waals surface area contributed by atoms with Crippen LogP contribution in [0.5, 0.6) is 0 Å². The monoisotopic (exact) mass is 173 g/mol. The average molecular weight is 173 g/mol. The molecule has 0 aliphatic carbocycles. The Kier molecular flexibility index (Phi) is 3.32. The smallest absolute Gasteiger partial charge is 0.0380 e. The molecule has 1 heteroatoms. The molecule has 0 radical (unpaired) electrons. The van der Waals surface area contributed by atoms with Crippen LogP contribution in [0.1, 0.15) is 19.4 Å². The third kappa shape index (κ3) is 3.16. The van der Waals surface area contributed by atoms with E-state index in [9.17, 15) is 0 Å². The molecule has 0 atom stereocenters. The van der Waals surface area contributed by atoms with E-state index in [2.05, 4.69) is 11.9 Å². The average Bonchev–Trinajstić information content (AvgIpc) is 2.15. The molecule has 1 rings (SSSR count). The van der Waals surface area contributed by atoms with Gasteiger partial charge in [-0.05, 0) is 25.6 Å². The van der Waals surface area contributed by atoms with Gasteiger partial charge in [0.25, 0.3) is 0 Å². The van der Waals surface area contributed by atoms with Gasteiger partial charge in [-0.15, -0.1) is 0 Å². The van der Waals surface area contributed by atoms with E-state index in [4.69, 9.17) is 0 Å². The molecule has 0 fully saturated rings. The van der Waals surface area contributed by atoms with Crippen LogP contribution < -0.4 is 5.32 Å². The van der Waals surface area contributed by atoms with Gasteiger partial charge in [0.2, 0.25) is 0 Å². The summed E-state index contributed by atoms with van der Waals surface area (Å²) < 4.78 is 0. The summed E-state index contributed by atoms with van der Waals surface area (Å²) in [4.78, 5) is 0. The Morgan fingerprint density at radius 1 is 1.23 bits per heavy atom. The first-order valence-electron chi connectivity index (χ1n) is 4.34. The molecule has 13 heavy (non-hydrogen) atoms. The summed E-state index contributed by atoms with van der Waals surface area (Å²) in [5.41, 5.74) is 3.29. The molecule has 1 aromatic carbocycles. The number of rotatable bonds is 3. The van der Waals surface area contributed by atoms with Crippen LogP contribution in [0.3, 0.4) is 0 Å². The largest absolute Gasteiger partial charge is 0.362 e. The fourth-order valence-corrected chi connectivity index (χ4v) is 0.954. The highest BCUT2D eigenvalue weighted by molar-refractivity contribution is 5.62. The van der Waals surface area contributed by atoms with Gasteiger partial charge in [0.15, 0.2) is 0 Å². The summed E-state index contributed by atoms with van der Waals surface area (Å²) in [7, 11) is 0. The lowest BCUT2D eigenvalue weighted by atomic mass is 10.2. The predicted octanol–water partition coefficient (Wildman–Crippen LogP) is 3.17. The lowest BCUT2D eigenvalue weighted by molar-refractivity contribution is 1.17. The molecule has 0 aromatic heterocycles. The second-order valence-corrected chi connectivity index (χ2v) is 3.21. The van der Waals surface area contributed by atoms with Gasteiger partial charge >= 0.3 is 0 Å². The normalized spacial score (nSPS) is 9.08. The van der Waals surface area contributed by atoms with Gasteiger partial charge in [0.05, 0.1) is 0 Å². The Hall–Kier alpha value is -1.50. The molecule has 0 bridgehead atoms. The van der Waals surface area contributed by atoms with Crippen molar-refractivity contribution in [1.29, 1.82) is 0 Å². The standard InChI is InChI=1S/C12H15N/c1-10(2)9-13-11(3)12-7-5-4-6-8-12/h4-9,13H,3H2,1-2H3. The van der Waals surface area contributed by atoms with Crippen LogP contribution >= 0.6 is 0 Å². The van der Waals surface area contributed by atoms with E-state index >= 15 is 0 Å². The van der Waals surface area contributed by atoms with Crippen LogP contribution in [0.25, 0.3) is 5.70 Å². The van der Waals surface area contributed by atoms with Crippen molar-refractivity contribution in [3.63, 3.8) is 0 Å². The summed E-state index contributed by atoms with van der Waals surface area (Å²) in [5, 5.41) is 3.14. The summed E-state index contributed by atoms with van der Waals surface area (Å²) >= 11 is 0. The zero-order chi connectivity index (χ0) is 9.68. The van der Waals surface area contributed by atoms with E-state index in [1.165, 1.54) is 5.57 Å². The quantitative estimate of drug-likeness (QED) is 0.740. The van der Waals surface area contributed by atoms with Gasteiger partial charge < -0.3 is 5.32 Å². The molecule has 0 saturated carbocycles. The third-order valence-electron chi connectivity index (χ3n) is 1.66. The Labute approximate surface area is 79.8 Å². The fraction of sp³-hybridized carbons (Fsp3) is 0.167. The van der Waals surface area contributed by atoms with Crippen LogP contribution in [0.2, 0.25) is 0 Å². The highest BCUT2D eigenvalue weighted by atomic mass is 14.8. The molecular formula is C12H15N. The van der Waals surface area contributed by atoms with Crippen molar-refractivity contribution >= 4 is 5.70 Å².